The number of unbranched alkanes of at least 4 members (excludes halogenated alkanes) is 7. The minimum absolute atomic E-state index is 0.000566. The van der Waals surface area contributed by atoms with E-state index in [4.69, 9.17) is 0 Å². The van der Waals surface area contributed by atoms with Gasteiger partial charge in [0.05, 0.1) is 17.1 Å². The number of hydrogen-bond donors (Lipinski definition) is 3. The SMILES string of the molecule is CCCCC(CC)Cn1c(O)c(C#N)c(C)c(N=Nc2ccc(C(=O)N(CC)CC)cc2)c1=O.CCCCCCn1c(O)c(C#N)c(C)c(N=Nc2ccc(C(=O)N(CCCC)CCCC)cc2)c1=O.CCCCc1c(C#N)c(O)n(C)c(=O)c1N=Nc1ccc(C(=O)N(CC)CC)cc1. The molecule has 0 aliphatic rings. The average molecular weight is 1370 g/mol. The monoisotopic (exact) mass is 1370 g/mol. The first kappa shape index (κ1) is 82.0. The molecule has 6 aromatic rings. The normalized spacial score (nSPS) is 11.3. The number of carbonyl (C=O) groups excluding carboxylic acids is 3. The van der Waals surface area contributed by atoms with Crippen LogP contribution in [0, 0.1) is 53.8 Å². The zero-order valence-electron chi connectivity index (χ0n) is 60.8. The molecule has 24 nitrogen and oxygen atoms in total. The highest BCUT2D eigenvalue weighted by atomic mass is 16.3. The highest BCUT2D eigenvalue weighted by molar-refractivity contribution is 5.95. The van der Waals surface area contributed by atoms with E-state index in [-0.39, 0.29) is 75.0 Å². The van der Waals surface area contributed by atoms with Gasteiger partial charge in [0.2, 0.25) is 17.6 Å². The second-order valence-corrected chi connectivity index (χ2v) is 24.2. The third kappa shape index (κ3) is 22.0. The molecule has 3 aromatic heterocycles. The Morgan fingerprint density at radius 3 is 1.21 bits per heavy atom. The molecule has 0 saturated carbocycles. The third-order valence-electron chi connectivity index (χ3n) is 17.4. The van der Waals surface area contributed by atoms with Crippen molar-refractivity contribution in [1.29, 1.82) is 15.8 Å². The second-order valence-electron chi connectivity index (χ2n) is 24.2. The van der Waals surface area contributed by atoms with Gasteiger partial charge in [-0.3, -0.25) is 42.5 Å². The van der Waals surface area contributed by atoms with Crippen molar-refractivity contribution in [3.05, 3.63) is 154 Å². The van der Waals surface area contributed by atoms with E-state index in [1.165, 1.54) is 16.2 Å². The number of aromatic nitrogens is 3. The van der Waals surface area contributed by atoms with E-state index >= 15 is 0 Å². The van der Waals surface area contributed by atoms with Crippen molar-refractivity contribution in [2.75, 3.05) is 39.3 Å². The molecule has 1 atom stereocenters. The lowest BCUT2D eigenvalue weighted by Crippen LogP contribution is -2.32. The average Bonchev–Trinajstić information content (AvgIpc) is 0.797. The summed E-state index contributed by atoms with van der Waals surface area (Å²) in [6, 6.07) is 26.1. The van der Waals surface area contributed by atoms with Gasteiger partial charge in [0.25, 0.3) is 34.4 Å². The zero-order chi connectivity index (χ0) is 74.0. The number of nitriles is 3. The van der Waals surface area contributed by atoms with Crippen molar-refractivity contribution in [1.82, 2.24) is 28.4 Å². The molecule has 1 unspecified atom stereocenters. The number of benzene rings is 3. The second kappa shape index (κ2) is 42.4. The summed E-state index contributed by atoms with van der Waals surface area (Å²) in [5, 5.41) is 84.8. The van der Waals surface area contributed by atoms with E-state index in [2.05, 4.69) is 65.3 Å². The van der Waals surface area contributed by atoms with E-state index in [9.17, 15) is 59.9 Å². The smallest absolute Gasteiger partial charge is 0.281 e. The molecule has 0 radical (unpaired) electrons. The number of hydrogen-bond acceptors (Lipinski definition) is 18. The summed E-state index contributed by atoms with van der Waals surface area (Å²) in [4.78, 5) is 82.1. The maximum atomic E-state index is 13.2. The van der Waals surface area contributed by atoms with Gasteiger partial charge in [0.15, 0.2) is 17.1 Å². The molecule has 0 aliphatic heterocycles. The molecule has 24 heteroatoms. The first-order valence-electron chi connectivity index (χ1n) is 35.1. The Hall–Kier alpha value is -10.4. The van der Waals surface area contributed by atoms with E-state index in [0.29, 0.717) is 96.1 Å². The van der Waals surface area contributed by atoms with Crippen molar-refractivity contribution in [3.8, 4) is 35.8 Å². The van der Waals surface area contributed by atoms with Crippen molar-refractivity contribution >= 4 is 51.8 Å². The van der Waals surface area contributed by atoms with Crippen LogP contribution in [0.25, 0.3) is 0 Å². The van der Waals surface area contributed by atoms with Crippen LogP contribution < -0.4 is 16.7 Å². The maximum absolute atomic E-state index is 13.2. The molecule has 0 saturated heterocycles. The summed E-state index contributed by atoms with van der Waals surface area (Å²) < 4.78 is 3.45. The van der Waals surface area contributed by atoms with Crippen LogP contribution in [0.1, 0.15) is 224 Å². The highest BCUT2D eigenvalue weighted by Crippen LogP contribution is 2.32. The fraction of sp³-hybridized carbons (Fsp3) is 0.487. The quantitative estimate of drug-likeness (QED) is 0.0256. The Morgan fingerprint density at radius 2 is 0.830 bits per heavy atom. The molecule has 534 valence electrons. The number of rotatable bonds is 33. The van der Waals surface area contributed by atoms with E-state index in [1.807, 2.05) is 57.7 Å². The van der Waals surface area contributed by atoms with Crippen LogP contribution in [0.15, 0.2) is 118 Å². The lowest BCUT2D eigenvalue weighted by Gasteiger charge is -2.22. The standard InChI is InChI=1S/C28H39N5O3.C26H35N5O3.C22H27N5O3/c1-5-8-11-12-19-33-27(35)24(20-29)21(4)25(28(33)36)31-30-23-15-13-22(14-16-23)26(34)32(17-9-6-2)18-10-7-3;1-6-10-11-19(7-2)17-31-25(33)22(16-27)18(5)23(26(31)34)29-28-21-14-12-20(13-15-21)24(32)30(8-3)9-4;1-5-8-9-17-18(14-23)21(29)26(4)22(30)19(17)25-24-16-12-10-15(11-13-16)20(28)27(6-2)7-3/h13-16,35H,5-12,17-19H2,1-4H3;12-15,19,33H,6-11,17H2,1-5H3;10-13,29H,5-9H2,1-4H3. The van der Waals surface area contributed by atoms with Crippen molar-refractivity contribution in [2.45, 2.75) is 192 Å². The largest absolute Gasteiger partial charge is 0.493 e. The topological polar surface area (TPSA) is 333 Å². The summed E-state index contributed by atoms with van der Waals surface area (Å²) in [6.07, 6.45) is 13.6. The van der Waals surface area contributed by atoms with Crippen LogP contribution in [0.5, 0.6) is 17.6 Å². The van der Waals surface area contributed by atoms with Crippen LogP contribution in [0.4, 0.5) is 34.1 Å². The summed E-state index contributed by atoms with van der Waals surface area (Å²) in [5.41, 5.74) is 2.85. The van der Waals surface area contributed by atoms with Gasteiger partial charge in [-0.25, -0.2) is 0 Å². The van der Waals surface area contributed by atoms with Crippen molar-refractivity contribution in [2.24, 2.45) is 43.7 Å². The first-order valence-corrected chi connectivity index (χ1v) is 35.1. The molecule has 0 spiro atoms. The molecule has 0 aliphatic carbocycles. The van der Waals surface area contributed by atoms with Gasteiger partial charge < -0.3 is 30.0 Å². The number of pyridine rings is 3. The van der Waals surface area contributed by atoms with Crippen LogP contribution in [0.2, 0.25) is 0 Å². The van der Waals surface area contributed by atoms with Crippen LogP contribution in [-0.4, -0.2) is 101 Å². The Bertz CT molecular complexity index is 4100. The van der Waals surface area contributed by atoms with Crippen molar-refractivity contribution < 1.29 is 29.7 Å². The molecule has 3 aromatic carbocycles. The summed E-state index contributed by atoms with van der Waals surface area (Å²) in [5.74, 6) is -0.925. The molecular formula is C76H101N15O9. The van der Waals surface area contributed by atoms with Crippen LogP contribution >= 0.6 is 0 Å². The van der Waals surface area contributed by atoms with E-state index in [1.54, 1.807) is 96.4 Å². The lowest BCUT2D eigenvalue weighted by molar-refractivity contribution is 0.0747. The summed E-state index contributed by atoms with van der Waals surface area (Å²) >= 11 is 0. The van der Waals surface area contributed by atoms with Gasteiger partial charge >= 0.3 is 0 Å². The maximum Gasteiger partial charge on any atom is 0.281 e. The predicted molar refractivity (Wildman–Crippen MR) is 390 cm³/mol. The Labute approximate surface area is 588 Å². The molecule has 3 N–H and O–H groups in total. The Balaban J connectivity index is 0.000000320. The van der Waals surface area contributed by atoms with E-state index < -0.39 is 16.7 Å². The fourth-order valence-electron chi connectivity index (χ4n) is 10.9. The summed E-state index contributed by atoms with van der Waals surface area (Å²) in [7, 11) is 1.38. The van der Waals surface area contributed by atoms with Gasteiger partial charge in [-0.2, -0.15) is 31.1 Å². The number of azo groups is 3. The predicted octanol–water partition coefficient (Wildman–Crippen LogP) is 16.8. The Morgan fingerprint density at radius 1 is 0.450 bits per heavy atom. The fourth-order valence-corrected chi connectivity index (χ4v) is 10.9. The van der Waals surface area contributed by atoms with Crippen LogP contribution in [-0.2, 0) is 26.6 Å². The van der Waals surface area contributed by atoms with Gasteiger partial charge in [-0.1, -0.05) is 99.3 Å². The molecule has 0 fully saturated rings. The highest BCUT2D eigenvalue weighted by Gasteiger charge is 2.24. The minimum Gasteiger partial charge on any atom is -0.493 e. The lowest BCUT2D eigenvalue weighted by atomic mass is 9.99. The molecule has 3 amide bonds. The number of aromatic hydroxyl groups is 3. The van der Waals surface area contributed by atoms with Gasteiger partial charge in [0.1, 0.15) is 34.9 Å². The van der Waals surface area contributed by atoms with Gasteiger partial charge in [-0.15, -0.1) is 15.3 Å². The Kier molecular flexibility index (Phi) is 34.8. The first-order chi connectivity index (χ1) is 48.1. The summed E-state index contributed by atoms with van der Waals surface area (Å²) in [6.45, 7) is 28.0. The van der Waals surface area contributed by atoms with Gasteiger partial charge in [0, 0.05) is 92.8 Å². The van der Waals surface area contributed by atoms with Crippen molar-refractivity contribution in [3.63, 3.8) is 0 Å². The molecule has 100 heavy (non-hydrogen) atoms. The molecule has 0 bridgehead atoms. The van der Waals surface area contributed by atoms with Crippen LogP contribution in [0.3, 0.4) is 0 Å². The molecule has 6 rings (SSSR count). The van der Waals surface area contributed by atoms with Gasteiger partial charge in [-0.05, 0) is 159 Å². The third-order valence-corrected chi connectivity index (χ3v) is 17.4. The molecule has 3 heterocycles. The number of nitrogens with zero attached hydrogens (tertiary/aromatic N) is 15. The molecular weight excluding hydrogens is 1270 g/mol. The van der Waals surface area contributed by atoms with E-state index in [0.717, 1.165) is 108 Å². The zero-order valence-corrected chi connectivity index (χ0v) is 60.8. The number of amides is 3. The minimum atomic E-state index is -0.519. The number of carbonyl (C=O) groups is 3.